The van der Waals surface area contributed by atoms with Crippen LogP contribution < -0.4 is 0 Å². The summed E-state index contributed by atoms with van der Waals surface area (Å²) < 4.78 is 2.26. The minimum Gasteiger partial charge on any atom is -0.334 e. The zero-order chi connectivity index (χ0) is 14.8. The number of aryl methyl sites for hydroxylation is 1. The molecule has 21 heavy (non-hydrogen) atoms. The molecule has 3 rings (SSSR count). The smallest absolute Gasteiger partial charge is 0.123 e. The van der Waals surface area contributed by atoms with E-state index in [-0.39, 0.29) is 0 Å². The number of rotatable bonds is 4. The van der Waals surface area contributed by atoms with Gasteiger partial charge < -0.3 is 9.47 Å². The fourth-order valence-electron chi connectivity index (χ4n) is 3.90. The third-order valence-corrected chi connectivity index (χ3v) is 5.39. The Bertz CT molecular complexity index is 473. The Balaban J connectivity index is 1.56. The van der Waals surface area contributed by atoms with Crippen LogP contribution in [0.5, 0.6) is 0 Å². The Morgan fingerprint density at radius 3 is 2.43 bits per heavy atom. The van der Waals surface area contributed by atoms with Crippen LogP contribution in [-0.4, -0.2) is 52.1 Å². The quantitative estimate of drug-likeness (QED) is 0.851. The second-order valence-electron chi connectivity index (χ2n) is 7.01. The van der Waals surface area contributed by atoms with Gasteiger partial charge in [-0.05, 0) is 65.1 Å². The average molecular weight is 290 g/mol. The molecule has 0 amide bonds. The fraction of sp³-hybridized carbons (Fsp3) is 0.824. The van der Waals surface area contributed by atoms with Gasteiger partial charge in [-0.3, -0.25) is 4.90 Å². The summed E-state index contributed by atoms with van der Waals surface area (Å²) in [7, 11) is 2.15. The maximum Gasteiger partial charge on any atom is 0.123 e. The Morgan fingerprint density at radius 1 is 1.05 bits per heavy atom. The summed E-state index contributed by atoms with van der Waals surface area (Å²) in [6.07, 6.45) is 5.57. The fourth-order valence-corrected chi connectivity index (χ4v) is 3.90. The summed E-state index contributed by atoms with van der Waals surface area (Å²) in [5, 5.41) is 0. The van der Waals surface area contributed by atoms with E-state index in [9.17, 15) is 0 Å². The Labute approximate surface area is 129 Å². The first-order chi connectivity index (χ1) is 10.1. The van der Waals surface area contributed by atoms with E-state index >= 15 is 0 Å². The number of aromatic nitrogens is 2. The standard InChI is InChI=1S/C17H30N4/c1-14-15(2)19(3)17(18-14)13-21-10-6-7-16(12-21)11-20-8-4-5-9-20/h16H,4-13H2,1-3H3. The van der Waals surface area contributed by atoms with Gasteiger partial charge in [-0.25, -0.2) is 4.98 Å². The molecule has 0 bridgehead atoms. The zero-order valence-electron chi connectivity index (χ0n) is 13.9. The molecule has 1 aromatic heterocycles. The van der Waals surface area contributed by atoms with Gasteiger partial charge in [0, 0.05) is 25.8 Å². The van der Waals surface area contributed by atoms with Crippen LogP contribution >= 0.6 is 0 Å². The number of nitrogens with zero attached hydrogens (tertiary/aromatic N) is 4. The summed E-state index contributed by atoms with van der Waals surface area (Å²) in [6, 6.07) is 0. The van der Waals surface area contributed by atoms with Crippen LogP contribution in [0, 0.1) is 19.8 Å². The number of hydrogen-bond acceptors (Lipinski definition) is 3. The van der Waals surface area contributed by atoms with E-state index in [1.807, 2.05) is 0 Å². The molecule has 4 heteroatoms. The summed E-state index contributed by atoms with van der Waals surface area (Å²) in [6.45, 7) is 11.8. The van der Waals surface area contributed by atoms with E-state index in [2.05, 4.69) is 35.3 Å². The molecule has 1 atom stereocenters. The highest BCUT2D eigenvalue weighted by molar-refractivity contribution is 5.13. The van der Waals surface area contributed by atoms with Crippen molar-refractivity contribution in [2.24, 2.45) is 13.0 Å². The summed E-state index contributed by atoms with van der Waals surface area (Å²) in [4.78, 5) is 10.0. The van der Waals surface area contributed by atoms with E-state index < -0.39 is 0 Å². The van der Waals surface area contributed by atoms with Crippen molar-refractivity contribution in [2.45, 2.75) is 46.1 Å². The van der Waals surface area contributed by atoms with Crippen molar-refractivity contribution in [3.63, 3.8) is 0 Å². The Kier molecular flexibility index (Phi) is 4.65. The van der Waals surface area contributed by atoms with Gasteiger partial charge in [-0.2, -0.15) is 0 Å². The van der Waals surface area contributed by atoms with Crippen molar-refractivity contribution in [3.8, 4) is 0 Å². The van der Waals surface area contributed by atoms with Crippen LogP contribution in [0.3, 0.4) is 0 Å². The van der Waals surface area contributed by atoms with Crippen LogP contribution in [0.4, 0.5) is 0 Å². The molecule has 2 fully saturated rings. The van der Waals surface area contributed by atoms with Crippen molar-refractivity contribution >= 4 is 0 Å². The monoisotopic (exact) mass is 290 g/mol. The Hall–Kier alpha value is -0.870. The molecule has 0 spiro atoms. The number of imidazole rings is 1. The van der Waals surface area contributed by atoms with Crippen molar-refractivity contribution < 1.29 is 0 Å². The maximum atomic E-state index is 4.74. The van der Waals surface area contributed by atoms with Crippen molar-refractivity contribution in [1.29, 1.82) is 0 Å². The first-order valence-corrected chi connectivity index (χ1v) is 8.57. The SMILES string of the molecule is Cc1nc(CN2CCCC(CN3CCCC3)C2)n(C)c1C. The molecule has 0 radical (unpaired) electrons. The van der Waals surface area contributed by atoms with Crippen LogP contribution in [0.1, 0.15) is 42.9 Å². The largest absolute Gasteiger partial charge is 0.334 e. The zero-order valence-corrected chi connectivity index (χ0v) is 13.9. The molecule has 3 heterocycles. The lowest BCUT2D eigenvalue weighted by molar-refractivity contribution is 0.134. The van der Waals surface area contributed by atoms with Gasteiger partial charge in [-0.1, -0.05) is 0 Å². The maximum absolute atomic E-state index is 4.74. The highest BCUT2D eigenvalue weighted by Crippen LogP contribution is 2.21. The van der Waals surface area contributed by atoms with Gasteiger partial charge in [-0.15, -0.1) is 0 Å². The van der Waals surface area contributed by atoms with Gasteiger partial charge in [0.2, 0.25) is 0 Å². The molecule has 1 unspecified atom stereocenters. The topological polar surface area (TPSA) is 24.3 Å². The summed E-state index contributed by atoms with van der Waals surface area (Å²) in [5.41, 5.74) is 2.48. The van der Waals surface area contributed by atoms with Gasteiger partial charge in [0.15, 0.2) is 0 Å². The third-order valence-electron chi connectivity index (χ3n) is 5.39. The normalized spacial score (nSPS) is 24.8. The van der Waals surface area contributed by atoms with Gasteiger partial charge in [0.05, 0.1) is 12.2 Å². The molecular formula is C17H30N4. The second kappa shape index (κ2) is 6.49. The van der Waals surface area contributed by atoms with Gasteiger partial charge >= 0.3 is 0 Å². The van der Waals surface area contributed by atoms with E-state index in [0.29, 0.717) is 0 Å². The minimum atomic E-state index is 0.860. The molecule has 0 aromatic carbocycles. The van der Waals surface area contributed by atoms with Gasteiger partial charge in [0.1, 0.15) is 5.82 Å². The number of likely N-dealkylation sites (tertiary alicyclic amines) is 2. The van der Waals surface area contributed by atoms with E-state index in [0.717, 1.165) is 12.5 Å². The van der Waals surface area contributed by atoms with Crippen LogP contribution in [-0.2, 0) is 13.6 Å². The lowest BCUT2D eigenvalue weighted by Gasteiger charge is -2.34. The molecule has 2 aliphatic heterocycles. The van der Waals surface area contributed by atoms with Crippen molar-refractivity contribution in [3.05, 3.63) is 17.2 Å². The predicted octanol–water partition coefficient (Wildman–Crippen LogP) is 2.34. The first kappa shape index (κ1) is 15.0. The molecule has 0 N–H and O–H groups in total. The third kappa shape index (κ3) is 3.49. The van der Waals surface area contributed by atoms with E-state index in [1.54, 1.807) is 0 Å². The highest BCUT2D eigenvalue weighted by Gasteiger charge is 2.24. The van der Waals surface area contributed by atoms with E-state index in [1.165, 1.54) is 75.6 Å². The van der Waals surface area contributed by atoms with E-state index in [4.69, 9.17) is 4.98 Å². The molecule has 2 saturated heterocycles. The highest BCUT2D eigenvalue weighted by atomic mass is 15.2. The molecule has 0 aliphatic carbocycles. The Morgan fingerprint density at radius 2 is 1.76 bits per heavy atom. The van der Waals surface area contributed by atoms with Crippen LogP contribution in [0.15, 0.2) is 0 Å². The molecule has 4 nitrogen and oxygen atoms in total. The number of piperidine rings is 1. The average Bonchev–Trinajstić information content (AvgIpc) is 3.05. The second-order valence-corrected chi connectivity index (χ2v) is 7.01. The van der Waals surface area contributed by atoms with Crippen molar-refractivity contribution in [1.82, 2.24) is 19.4 Å². The molecule has 0 saturated carbocycles. The minimum absolute atomic E-state index is 0.860. The van der Waals surface area contributed by atoms with Crippen LogP contribution in [0.2, 0.25) is 0 Å². The predicted molar refractivity (Wildman–Crippen MR) is 86.4 cm³/mol. The molecule has 1 aromatic rings. The number of hydrogen-bond donors (Lipinski definition) is 0. The lowest BCUT2D eigenvalue weighted by Crippen LogP contribution is -2.40. The molecule has 118 valence electrons. The molecule has 2 aliphatic rings. The molecular weight excluding hydrogens is 260 g/mol. The van der Waals surface area contributed by atoms with Crippen molar-refractivity contribution in [2.75, 3.05) is 32.7 Å². The van der Waals surface area contributed by atoms with Gasteiger partial charge in [0.25, 0.3) is 0 Å². The first-order valence-electron chi connectivity index (χ1n) is 8.57. The lowest BCUT2D eigenvalue weighted by atomic mass is 9.97. The summed E-state index contributed by atoms with van der Waals surface area (Å²) >= 11 is 0. The van der Waals surface area contributed by atoms with Crippen LogP contribution in [0.25, 0.3) is 0 Å². The summed E-state index contributed by atoms with van der Waals surface area (Å²) in [5.74, 6) is 2.09.